The maximum absolute atomic E-state index is 13.3. The molecule has 3 saturated heterocycles. The summed E-state index contributed by atoms with van der Waals surface area (Å²) in [6.45, 7) is 4.14. The molecule has 6 heteroatoms. The summed E-state index contributed by atoms with van der Waals surface area (Å²) in [7, 11) is 0. The van der Waals surface area contributed by atoms with Gasteiger partial charge in [-0.3, -0.25) is 4.79 Å². The number of carbonyl (C=O) groups is 1. The summed E-state index contributed by atoms with van der Waals surface area (Å²) < 4.78 is 5.46. The molecular weight excluding hydrogens is 326 g/mol. The first-order valence-electron chi connectivity index (χ1n) is 8.93. The van der Waals surface area contributed by atoms with Gasteiger partial charge in [0.05, 0.1) is 10.4 Å². The molecule has 4 rings (SSSR count). The van der Waals surface area contributed by atoms with Gasteiger partial charge in [-0.2, -0.15) is 0 Å². The molecule has 1 spiro atoms. The Balaban J connectivity index is 1.50. The number of pyridine rings is 1. The smallest absolute Gasteiger partial charge is 0.230 e. The summed E-state index contributed by atoms with van der Waals surface area (Å²) in [5.74, 6) is 1.28. The zero-order valence-electron chi connectivity index (χ0n) is 13.9. The highest BCUT2D eigenvalue weighted by Gasteiger charge is 2.49. The molecule has 4 heterocycles. The van der Waals surface area contributed by atoms with E-state index in [0.717, 1.165) is 70.8 Å². The topological polar surface area (TPSA) is 45.7 Å². The highest BCUT2D eigenvalue weighted by molar-refractivity contribution is 6.30. The fourth-order valence-corrected chi connectivity index (χ4v) is 4.56. The highest BCUT2D eigenvalue weighted by Crippen LogP contribution is 2.42. The van der Waals surface area contributed by atoms with Gasteiger partial charge in [0, 0.05) is 45.1 Å². The number of nitrogens with zero attached hydrogens (tertiary/aromatic N) is 3. The van der Waals surface area contributed by atoms with Crippen LogP contribution in [0.5, 0.6) is 0 Å². The van der Waals surface area contributed by atoms with Crippen LogP contribution in [0.2, 0.25) is 5.02 Å². The van der Waals surface area contributed by atoms with Crippen molar-refractivity contribution in [2.45, 2.75) is 38.1 Å². The molecule has 1 atom stereocenters. The van der Waals surface area contributed by atoms with Crippen molar-refractivity contribution in [2.75, 3.05) is 37.7 Å². The van der Waals surface area contributed by atoms with Crippen LogP contribution in [0.15, 0.2) is 18.3 Å². The third-order valence-corrected chi connectivity index (χ3v) is 6.01. The number of hydrogen-bond acceptors (Lipinski definition) is 4. The van der Waals surface area contributed by atoms with E-state index in [-0.39, 0.29) is 5.41 Å². The van der Waals surface area contributed by atoms with Crippen molar-refractivity contribution in [2.24, 2.45) is 5.41 Å². The number of ether oxygens (including phenoxy) is 1. The molecule has 0 bridgehead atoms. The summed E-state index contributed by atoms with van der Waals surface area (Å²) in [5.41, 5.74) is -0.224. The number of anilines is 1. The second-order valence-corrected chi connectivity index (χ2v) is 7.67. The molecule has 1 aromatic rings. The molecule has 0 radical (unpaired) electrons. The number of likely N-dealkylation sites (tertiary alicyclic amines) is 1. The van der Waals surface area contributed by atoms with Crippen LogP contribution in [0.25, 0.3) is 0 Å². The second kappa shape index (κ2) is 6.52. The minimum absolute atomic E-state index is 0.224. The first-order chi connectivity index (χ1) is 11.7. The first kappa shape index (κ1) is 16.2. The molecular formula is C18H24ClN3O2. The van der Waals surface area contributed by atoms with E-state index in [1.165, 1.54) is 0 Å². The highest BCUT2D eigenvalue weighted by atomic mass is 35.5. The number of carbonyl (C=O) groups excluding carboxylic acids is 1. The van der Waals surface area contributed by atoms with Gasteiger partial charge >= 0.3 is 0 Å². The van der Waals surface area contributed by atoms with Crippen LogP contribution < -0.4 is 4.90 Å². The van der Waals surface area contributed by atoms with Crippen LogP contribution in [0.1, 0.15) is 32.1 Å². The number of halogens is 1. The fraction of sp³-hybridized carbons (Fsp3) is 0.667. The predicted octanol–water partition coefficient (Wildman–Crippen LogP) is 2.73. The molecule has 3 aliphatic heterocycles. The van der Waals surface area contributed by atoms with Gasteiger partial charge in [0.25, 0.3) is 0 Å². The Morgan fingerprint density at radius 2 is 2.04 bits per heavy atom. The molecule has 1 aromatic heterocycles. The molecule has 0 unspecified atom stereocenters. The summed E-state index contributed by atoms with van der Waals surface area (Å²) in [5, 5.41) is 0.645. The number of piperidine rings is 1. The van der Waals surface area contributed by atoms with E-state index in [1.54, 1.807) is 6.20 Å². The van der Waals surface area contributed by atoms with E-state index in [1.807, 2.05) is 12.1 Å². The van der Waals surface area contributed by atoms with Gasteiger partial charge in [-0.05, 0) is 44.2 Å². The Hall–Kier alpha value is -1.33. The van der Waals surface area contributed by atoms with Gasteiger partial charge in [-0.1, -0.05) is 11.6 Å². The Morgan fingerprint density at radius 1 is 1.21 bits per heavy atom. The van der Waals surface area contributed by atoms with Gasteiger partial charge in [-0.25, -0.2) is 4.98 Å². The van der Waals surface area contributed by atoms with Crippen molar-refractivity contribution < 1.29 is 9.53 Å². The summed E-state index contributed by atoms with van der Waals surface area (Å²) in [4.78, 5) is 22.1. The Morgan fingerprint density at radius 3 is 2.79 bits per heavy atom. The first-order valence-corrected chi connectivity index (χ1v) is 9.31. The van der Waals surface area contributed by atoms with Crippen LogP contribution >= 0.6 is 11.6 Å². The lowest BCUT2D eigenvalue weighted by atomic mass is 9.77. The maximum Gasteiger partial charge on any atom is 0.230 e. The zero-order valence-corrected chi connectivity index (χ0v) is 14.7. The number of amides is 1. The van der Waals surface area contributed by atoms with E-state index in [9.17, 15) is 4.79 Å². The standard InChI is InChI=1S/C18H24ClN3O2/c19-14-2-3-16(20-12-14)21-9-7-18(13-21)6-1-8-22(17(18)23)15-4-10-24-11-5-15/h2-3,12,15H,1,4-11,13H2/t18-/m1/s1. The molecule has 0 saturated carbocycles. The van der Waals surface area contributed by atoms with Gasteiger partial charge in [0.1, 0.15) is 5.82 Å². The predicted molar refractivity (Wildman–Crippen MR) is 93.3 cm³/mol. The molecule has 24 heavy (non-hydrogen) atoms. The Labute approximate surface area is 147 Å². The SMILES string of the molecule is O=C1N(C2CCOCC2)CCC[C@]12CCN(c1ccc(Cl)cn1)C2. The third-order valence-electron chi connectivity index (χ3n) is 5.79. The van der Waals surface area contributed by atoms with Gasteiger partial charge < -0.3 is 14.5 Å². The average molecular weight is 350 g/mol. The normalized spacial score (nSPS) is 28.8. The van der Waals surface area contributed by atoms with Crippen molar-refractivity contribution >= 4 is 23.3 Å². The fourth-order valence-electron chi connectivity index (χ4n) is 4.45. The molecule has 5 nitrogen and oxygen atoms in total. The third kappa shape index (κ3) is 2.88. The van der Waals surface area contributed by atoms with Crippen molar-refractivity contribution in [3.8, 4) is 0 Å². The zero-order chi connectivity index (χ0) is 16.6. The maximum atomic E-state index is 13.3. The lowest BCUT2D eigenvalue weighted by molar-refractivity contribution is -0.149. The van der Waals surface area contributed by atoms with Gasteiger partial charge in [0.2, 0.25) is 5.91 Å². The van der Waals surface area contributed by atoms with E-state index in [2.05, 4.69) is 14.8 Å². The van der Waals surface area contributed by atoms with E-state index in [4.69, 9.17) is 16.3 Å². The lowest BCUT2D eigenvalue weighted by Gasteiger charge is -2.44. The van der Waals surface area contributed by atoms with Crippen molar-refractivity contribution in [1.82, 2.24) is 9.88 Å². The minimum Gasteiger partial charge on any atom is -0.381 e. The van der Waals surface area contributed by atoms with Crippen molar-refractivity contribution in [3.05, 3.63) is 23.4 Å². The van der Waals surface area contributed by atoms with Gasteiger partial charge in [0.15, 0.2) is 0 Å². The van der Waals surface area contributed by atoms with Crippen LogP contribution in [-0.4, -0.2) is 54.7 Å². The van der Waals surface area contributed by atoms with Gasteiger partial charge in [-0.15, -0.1) is 0 Å². The van der Waals surface area contributed by atoms with E-state index < -0.39 is 0 Å². The van der Waals surface area contributed by atoms with Crippen molar-refractivity contribution in [1.29, 1.82) is 0 Å². The Bertz CT molecular complexity index is 603. The molecule has 3 fully saturated rings. The van der Waals surface area contributed by atoms with Crippen LogP contribution in [0.3, 0.4) is 0 Å². The summed E-state index contributed by atoms with van der Waals surface area (Å²) >= 11 is 5.94. The van der Waals surface area contributed by atoms with E-state index in [0.29, 0.717) is 17.0 Å². The van der Waals surface area contributed by atoms with Crippen molar-refractivity contribution in [3.63, 3.8) is 0 Å². The van der Waals surface area contributed by atoms with E-state index >= 15 is 0 Å². The second-order valence-electron chi connectivity index (χ2n) is 7.23. The molecule has 1 amide bonds. The molecule has 0 N–H and O–H groups in total. The monoisotopic (exact) mass is 349 g/mol. The van der Waals surface area contributed by atoms with Crippen LogP contribution in [-0.2, 0) is 9.53 Å². The van der Waals surface area contributed by atoms with Crippen LogP contribution in [0.4, 0.5) is 5.82 Å². The summed E-state index contributed by atoms with van der Waals surface area (Å²) in [6, 6.07) is 4.18. The summed E-state index contributed by atoms with van der Waals surface area (Å²) in [6.07, 6.45) is 6.66. The molecule has 0 aliphatic carbocycles. The molecule has 3 aliphatic rings. The average Bonchev–Trinajstić information content (AvgIpc) is 3.04. The minimum atomic E-state index is -0.224. The lowest BCUT2D eigenvalue weighted by Crippen LogP contribution is -2.54. The number of rotatable bonds is 2. The number of aromatic nitrogens is 1. The quantitative estimate of drug-likeness (QED) is 0.823. The largest absolute Gasteiger partial charge is 0.381 e. The molecule has 130 valence electrons. The van der Waals surface area contributed by atoms with Crippen LogP contribution in [0, 0.1) is 5.41 Å². The Kier molecular flexibility index (Phi) is 4.39. The molecule has 0 aromatic carbocycles. The number of hydrogen-bond donors (Lipinski definition) is 0.